The van der Waals surface area contributed by atoms with Crippen LogP contribution in [0.3, 0.4) is 0 Å². The van der Waals surface area contributed by atoms with Gasteiger partial charge in [0.2, 0.25) is 5.91 Å². The van der Waals surface area contributed by atoms with Gasteiger partial charge in [0.25, 0.3) is 0 Å². The molecule has 0 bridgehead atoms. The molecule has 1 saturated heterocycles. The van der Waals surface area contributed by atoms with Crippen LogP contribution in [0, 0.1) is 0 Å². The highest BCUT2D eigenvalue weighted by Crippen LogP contribution is 2.23. The Hall–Kier alpha value is -2.77. The zero-order valence-corrected chi connectivity index (χ0v) is 18.4. The van der Waals surface area contributed by atoms with Gasteiger partial charge in [0.15, 0.2) is 0 Å². The van der Waals surface area contributed by atoms with Crippen LogP contribution < -0.4 is 15.0 Å². The molecule has 1 fully saturated rings. The number of amides is 4. The molecule has 1 aromatic carbocycles. The first-order valence-electron chi connectivity index (χ1n) is 10.4. The molecule has 8 nitrogen and oxygen atoms in total. The van der Waals surface area contributed by atoms with Crippen LogP contribution in [0.1, 0.15) is 52.9 Å². The summed E-state index contributed by atoms with van der Waals surface area (Å²) in [6, 6.07) is 6.92. The maximum atomic E-state index is 12.0. The van der Waals surface area contributed by atoms with Gasteiger partial charge in [0.1, 0.15) is 11.4 Å². The fourth-order valence-electron chi connectivity index (χ4n) is 2.98. The summed E-state index contributed by atoms with van der Waals surface area (Å²) in [6.07, 6.45) is 3.81. The molecule has 0 saturated carbocycles. The predicted molar refractivity (Wildman–Crippen MR) is 115 cm³/mol. The molecule has 1 aliphatic rings. The summed E-state index contributed by atoms with van der Waals surface area (Å²) in [7, 11) is 1.75. The molecule has 0 unspecified atom stereocenters. The molecule has 1 heterocycles. The van der Waals surface area contributed by atoms with Crippen LogP contribution in [0.15, 0.2) is 24.3 Å². The Kier molecular flexibility index (Phi) is 8.50. The van der Waals surface area contributed by atoms with Crippen molar-refractivity contribution in [3.8, 4) is 5.75 Å². The maximum Gasteiger partial charge on any atom is 0.410 e. The standard InChI is InChI=1S/C22H33N3O5/c1-22(2,3)30-21(28)24(4)13-7-5-6-8-15-29-18-11-9-10-17(16-18)25-14-12-19(26)23-20(25)27/h9-11,16H,5-8,12-15H2,1-4H3,(H,23,26,27). The normalized spacial score (nSPS) is 14.3. The molecule has 2 rings (SSSR count). The number of imide groups is 1. The number of benzene rings is 1. The average Bonchev–Trinajstić information content (AvgIpc) is 2.66. The minimum absolute atomic E-state index is 0.249. The number of nitrogens with one attached hydrogen (secondary N) is 1. The lowest BCUT2D eigenvalue weighted by Crippen LogP contribution is -2.49. The Morgan fingerprint density at radius 3 is 2.60 bits per heavy atom. The Labute approximate surface area is 178 Å². The van der Waals surface area contributed by atoms with Crippen LogP contribution in [0.2, 0.25) is 0 Å². The second-order valence-electron chi connectivity index (χ2n) is 8.42. The van der Waals surface area contributed by atoms with Gasteiger partial charge in [-0.05, 0) is 45.7 Å². The van der Waals surface area contributed by atoms with Crippen LogP contribution in [-0.4, -0.2) is 55.3 Å². The first-order chi connectivity index (χ1) is 14.2. The van der Waals surface area contributed by atoms with Gasteiger partial charge in [0.05, 0.1) is 6.61 Å². The zero-order chi connectivity index (χ0) is 22.1. The summed E-state index contributed by atoms with van der Waals surface area (Å²) in [5.74, 6) is 0.447. The minimum Gasteiger partial charge on any atom is -0.494 e. The number of rotatable bonds is 9. The summed E-state index contributed by atoms with van der Waals surface area (Å²) in [5, 5.41) is 2.32. The number of hydrogen-bond acceptors (Lipinski definition) is 5. The van der Waals surface area contributed by atoms with Crippen molar-refractivity contribution in [3.05, 3.63) is 24.3 Å². The van der Waals surface area contributed by atoms with E-state index in [2.05, 4.69) is 5.32 Å². The lowest BCUT2D eigenvalue weighted by atomic mass is 10.2. The van der Waals surface area contributed by atoms with Gasteiger partial charge >= 0.3 is 12.1 Å². The third-order valence-electron chi connectivity index (χ3n) is 4.55. The van der Waals surface area contributed by atoms with Crippen LogP contribution in [-0.2, 0) is 9.53 Å². The molecule has 1 aromatic rings. The van der Waals surface area contributed by atoms with Gasteiger partial charge in [-0.3, -0.25) is 15.0 Å². The second kappa shape index (κ2) is 10.8. The van der Waals surface area contributed by atoms with Gasteiger partial charge in [-0.15, -0.1) is 0 Å². The highest BCUT2D eigenvalue weighted by Gasteiger charge is 2.24. The number of nitrogens with zero attached hydrogens (tertiary/aromatic N) is 2. The lowest BCUT2D eigenvalue weighted by Gasteiger charge is -2.26. The molecule has 166 valence electrons. The molecule has 0 aliphatic carbocycles. The van der Waals surface area contributed by atoms with E-state index in [1.807, 2.05) is 45.0 Å². The smallest absolute Gasteiger partial charge is 0.410 e. The zero-order valence-electron chi connectivity index (χ0n) is 18.4. The Bertz CT molecular complexity index is 745. The van der Waals surface area contributed by atoms with E-state index in [0.29, 0.717) is 37.6 Å². The topological polar surface area (TPSA) is 88.2 Å². The largest absolute Gasteiger partial charge is 0.494 e. The molecule has 0 spiro atoms. The Morgan fingerprint density at radius 1 is 1.17 bits per heavy atom. The van der Waals surface area contributed by atoms with Crippen molar-refractivity contribution in [2.45, 2.75) is 58.5 Å². The summed E-state index contributed by atoms with van der Waals surface area (Å²) in [4.78, 5) is 38.3. The summed E-state index contributed by atoms with van der Waals surface area (Å²) in [5.41, 5.74) is 0.234. The number of anilines is 1. The highest BCUT2D eigenvalue weighted by atomic mass is 16.6. The number of urea groups is 1. The first-order valence-corrected chi connectivity index (χ1v) is 10.4. The molecule has 1 aliphatic heterocycles. The van der Waals surface area contributed by atoms with Crippen molar-refractivity contribution in [1.82, 2.24) is 10.2 Å². The first kappa shape index (κ1) is 23.5. The van der Waals surface area contributed by atoms with E-state index in [4.69, 9.17) is 9.47 Å². The number of ether oxygens (including phenoxy) is 2. The average molecular weight is 420 g/mol. The molecular formula is C22H33N3O5. The van der Waals surface area contributed by atoms with Crippen LogP contribution in [0.5, 0.6) is 5.75 Å². The fourth-order valence-corrected chi connectivity index (χ4v) is 2.98. The third kappa shape index (κ3) is 7.93. The molecule has 30 heavy (non-hydrogen) atoms. The van der Waals surface area contributed by atoms with Gasteiger partial charge < -0.3 is 14.4 Å². The molecule has 4 amide bonds. The van der Waals surface area contributed by atoms with E-state index in [0.717, 1.165) is 25.7 Å². The summed E-state index contributed by atoms with van der Waals surface area (Å²) >= 11 is 0. The number of carbonyl (C=O) groups excluding carboxylic acids is 3. The van der Waals surface area contributed by atoms with E-state index in [-0.39, 0.29) is 12.0 Å². The summed E-state index contributed by atoms with van der Waals surface area (Å²) in [6.45, 7) is 7.18. The van der Waals surface area contributed by atoms with Crippen molar-refractivity contribution in [2.24, 2.45) is 0 Å². The van der Waals surface area contributed by atoms with E-state index >= 15 is 0 Å². The van der Waals surface area contributed by atoms with Crippen molar-refractivity contribution in [1.29, 1.82) is 0 Å². The maximum absolute atomic E-state index is 12.0. The molecule has 0 atom stereocenters. The summed E-state index contributed by atoms with van der Waals surface area (Å²) < 4.78 is 11.1. The van der Waals surface area contributed by atoms with Crippen molar-refractivity contribution >= 4 is 23.7 Å². The third-order valence-corrected chi connectivity index (χ3v) is 4.55. The molecule has 8 heteroatoms. The van der Waals surface area contributed by atoms with Gasteiger partial charge in [0, 0.05) is 38.3 Å². The SMILES string of the molecule is CN(CCCCCCOc1cccc(N2CCC(=O)NC2=O)c1)C(=O)OC(C)(C)C. The molecule has 1 N–H and O–H groups in total. The Morgan fingerprint density at radius 2 is 1.90 bits per heavy atom. The van der Waals surface area contributed by atoms with Crippen LogP contribution >= 0.6 is 0 Å². The van der Waals surface area contributed by atoms with Gasteiger partial charge in [-0.25, -0.2) is 9.59 Å². The van der Waals surface area contributed by atoms with Gasteiger partial charge in [-0.2, -0.15) is 0 Å². The van der Waals surface area contributed by atoms with Crippen molar-refractivity contribution in [2.75, 3.05) is 31.6 Å². The lowest BCUT2D eigenvalue weighted by molar-refractivity contribution is -0.120. The van der Waals surface area contributed by atoms with E-state index in [1.165, 1.54) is 4.90 Å². The fraction of sp³-hybridized carbons (Fsp3) is 0.591. The number of hydrogen-bond donors (Lipinski definition) is 1. The number of carbonyl (C=O) groups is 3. The van der Waals surface area contributed by atoms with Crippen molar-refractivity contribution < 1.29 is 23.9 Å². The predicted octanol–water partition coefficient (Wildman–Crippen LogP) is 3.94. The van der Waals surface area contributed by atoms with Crippen LogP contribution in [0.25, 0.3) is 0 Å². The van der Waals surface area contributed by atoms with E-state index < -0.39 is 11.6 Å². The molecule has 0 aromatic heterocycles. The van der Waals surface area contributed by atoms with Gasteiger partial charge in [-0.1, -0.05) is 18.9 Å². The minimum atomic E-state index is -0.477. The Balaban J connectivity index is 1.64. The van der Waals surface area contributed by atoms with Crippen LogP contribution in [0.4, 0.5) is 15.3 Å². The number of unbranched alkanes of at least 4 members (excludes halogenated alkanes) is 3. The molecule has 0 radical (unpaired) electrons. The highest BCUT2D eigenvalue weighted by molar-refractivity contribution is 6.05. The quantitative estimate of drug-likeness (QED) is 0.613. The monoisotopic (exact) mass is 419 g/mol. The van der Waals surface area contributed by atoms with E-state index in [9.17, 15) is 14.4 Å². The van der Waals surface area contributed by atoms with Crippen molar-refractivity contribution in [3.63, 3.8) is 0 Å². The molecular weight excluding hydrogens is 386 g/mol. The second-order valence-corrected chi connectivity index (χ2v) is 8.42. The van der Waals surface area contributed by atoms with E-state index in [1.54, 1.807) is 11.9 Å².